The Kier molecular flexibility index (Phi) is 7.08. The molecule has 0 radical (unpaired) electrons. The highest BCUT2D eigenvalue weighted by Gasteiger charge is 2.33. The molecular formula is C28H32N2O3S. The van der Waals surface area contributed by atoms with Gasteiger partial charge in [-0.15, -0.1) is 11.3 Å². The number of carbonyl (C=O) groups excluding carboxylic acids is 1. The fraction of sp³-hybridized carbons (Fsp3) is 0.357. The predicted molar refractivity (Wildman–Crippen MR) is 140 cm³/mol. The van der Waals surface area contributed by atoms with Crippen LogP contribution in [-0.2, 0) is 12.8 Å². The van der Waals surface area contributed by atoms with Gasteiger partial charge in [0, 0.05) is 17.2 Å². The van der Waals surface area contributed by atoms with Crippen LogP contribution in [0, 0.1) is 11.3 Å². The van der Waals surface area contributed by atoms with Gasteiger partial charge in [-0.1, -0.05) is 51.1 Å². The summed E-state index contributed by atoms with van der Waals surface area (Å²) in [5, 5.41) is 3.82. The van der Waals surface area contributed by atoms with Crippen LogP contribution in [0.1, 0.15) is 53.6 Å². The van der Waals surface area contributed by atoms with Crippen LogP contribution in [0.25, 0.3) is 0 Å². The zero-order chi connectivity index (χ0) is 24.3. The Labute approximate surface area is 205 Å². The number of methoxy groups -OCH3 is 2. The van der Waals surface area contributed by atoms with Gasteiger partial charge in [-0.3, -0.25) is 4.79 Å². The molecule has 1 aromatic heterocycles. The fourth-order valence-corrected chi connectivity index (χ4v) is 5.66. The number of nitrogens with one attached hydrogen (secondary N) is 1. The first-order valence-electron chi connectivity index (χ1n) is 11.6. The Balaban J connectivity index is 1.71. The highest BCUT2D eigenvalue weighted by Crippen LogP contribution is 2.45. The van der Waals surface area contributed by atoms with Gasteiger partial charge in [0.25, 0.3) is 5.91 Å². The molecular weight excluding hydrogens is 444 g/mol. The Morgan fingerprint density at radius 1 is 1.12 bits per heavy atom. The van der Waals surface area contributed by atoms with Crippen molar-refractivity contribution in [3.63, 3.8) is 0 Å². The van der Waals surface area contributed by atoms with Crippen LogP contribution in [0.2, 0.25) is 0 Å². The lowest BCUT2D eigenvalue weighted by molar-refractivity contribution is 0.102. The van der Waals surface area contributed by atoms with Gasteiger partial charge >= 0.3 is 0 Å². The number of thiophene rings is 1. The van der Waals surface area contributed by atoms with E-state index in [1.807, 2.05) is 42.6 Å². The van der Waals surface area contributed by atoms with E-state index in [1.165, 1.54) is 4.88 Å². The molecule has 0 saturated carbocycles. The highest BCUT2D eigenvalue weighted by molar-refractivity contribution is 7.16. The Hall–Kier alpha value is -3.12. The van der Waals surface area contributed by atoms with E-state index < -0.39 is 0 Å². The fourth-order valence-electron chi connectivity index (χ4n) is 4.39. The maximum atomic E-state index is 13.6. The molecule has 5 nitrogen and oxygen atoms in total. The van der Waals surface area contributed by atoms with Gasteiger partial charge in [-0.25, -0.2) is 4.99 Å². The van der Waals surface area contributed by atoms with E-state index in [4.69, 9.17) is 14.5 Å². The number of amides is 1. The van der Waals surface area contributed by atoms with Crippen molar-refractivity contribution in [2.75, 3.05) is 19.5 Å². The minimum Gasteiger partial charge on any atom is -0.497 e. The molecule has 0 spiro atoms. The first-order valence-corrected chi connectivity index (χ1v) is 12.4. The van der Waals surface area contributed by atoms with Crippen LogP contribution < -0.4 is 14.8 Å². The minimum absolute atomic E-state index is 0.157. The molecule has 0 aliphatic heterocycles. The normalized spacial score (nSPS) is 15.7. The van der Waals surface area contributed by atoms with Crippen molar-refractivity contribution in [3.8, 4) is 11.5 Å². The molecule has 1 N–H and O–H groups in total. The van der Waals surface area contributed by atoms with E-state index in [0.29, 0.717) is 28.7 Å². The summed E-state index contributed by atoms with van der Waals surface area (Å²) in [6, 6.07) is 15.3. The van der Waals surface area contributed by atoms with Crippen LogP contribution >= 0.6 is 11.3 Å². The third-order valence-electron chi connectivity index (χ3n) is 6.49. The summed E-state index contributed by atoms with van der Waals surface area (Å²) >= 11 is 1.65. The number of anilines is 1. The SMILES string of the molecule is COc1ccc(NC(=O)c2c(N=Cc3ccccc3)sc3c2CCC(C(C)(C)C)C3)c(OC)c1. The average Bonchev–Trinajstić information content (AvgIpc) is 3.21. The van der Waals surface area contributed by atoms with Gasteiger partial charge in [-0.05, 0) is 53.9 Å². The smallest absolute Gasteiger partial charge is 0.259 e. The second kappa shape index (κ2) is 10.0. The average molecular weight is 477 g/mol. The van der Waals surface area contributed by atoms with Crippen molar-refractivity contribution in [1.29, 1.82) is 0 Å². The largest absolute Gasteiger partial charge is 0.497 e. The van der Waals surface area contributed by atoms with E-state index in [-0.39, 0.29) is 11.3 Å². The van der Waals surface area contributed by atoms with E-state index in [0.717, 1.165) is 35.4 Å². The van der Waals surface area contributed by atoms with Crippen LogP contribution in [0.3, 0.4) is 0 Å². The van der Waals surface area contributed by atoms with E-state index in [9.17, 15) is 4.79 Å². The third kappa shape index (κ3) is 5.17. The van der Waals surface area contributed by atoms with Crippen LogP contribution in [-0.4, -0.2) is 26.3 Å². The summed E-state index contributed by atoms with van der Waals surface area (Å²) in [5.74, 6) is 1.65. The van der Waals surface area contributed by atoms with Crippen LogP contribution in [0.5, 0.6) is 11.5 Å². The molecule has 4 rings (SSSR count). The van der Waals surface area contributed by atoms with Gasteiger partial charge < -0.3 is 14.8 Å². The number of hydrogen-bond donors (Lipinski definition) is 1. The maximum absolute atomic E-state index is 13.6. The maximum Gasteiger partial charge on any atom is 0.259 e. The van der Waals surface area contributed by atoms with Gasteiger partial charge in [0.15, 0.2) is 0 Å². The summed E-state index contributed by atoms with van der Waals surface area (Å²) < 4.78 is 10.8. The molecule has 1 unspecified atom stereocenters. The number of rotatable bonds is 6. The standard InChI is InChI=1S/C28H32N2O3S/c1-28(2,3)19-11-13-21-24(15-19)34-27(29-17-18-9-7-6-8-10-18)25(21)26(31)30-22-14-12-20(32-4)16-23(22)33-5/h6-10,12,14,16-17,19H,11,13,15H2,1-5H3,(H,30,31). The number of fused-ring (bicyclic) bond motifs is 1. The van der Waals surface area contributed by atoms with E-state index >= 15 is 0 Å². The lowest BCUT2D eigenvalue weighted by atomic mass is 9.72. The topological polar surface area (TPSA) is 59.9 Å². The van der Waals surface area contributed by atoms with E-state index in [1.54, 1.807) is 37.7 Å². The Morgan fingerprint density at radius 2 is 1.88 bits per heavy atom. The van der Waals surface area contributed by atoms with E-state index in [2.05, 4.69) is 26.1 Å². The van der Waals surface area contributed by atoms with Crippen LogP contribution in [0.4, 0.5) is 10.7 Å². The number of aliphatic imine (C=N–C) groups is 1. The number of ether oxygens (including phenoxy) is 2. The lowest BCUT2D eigenvalue weighted by Gasteiger charge is -2.33. The summed E-state index contributed by atoms with van der Waals surface area (Å²) in [5.41, 5.74) is 3.65. The zero-order valence-corrected chi connectivity index (χ0v) is 21.3. The molecule has 3 aromatic rings. The van der Waals surface area contributed by atoms with Crippen molar-refractivity contribution in [3.05, 3.63) is 70.1 Å². The molecule has 34 heavy (non-hydrogen) atoms. The number of benzene rings is 2. The molecule has 1 heterocycles. The van der Waals surface area contributed by atoms with Gasteiger partial charge in [0.05, 0.1) is 25.5 Å². The number of hydrogen-bond acceptors (Lipinski definition) is 5. The van der Waals surface area contributed by atoms with Crippen molar-refractivity contribution in [1.82, 2.24) is 0 Å². The summed E-state index contributed by atoms with van der Waals surface area (Å²) in [6.07, 6.45) is 4.78. The molecule has 0 fully saturated rings. The zero-order valence-electron chi connectivity index (χ0n) is 20.5. The third-order valence-corrected chi connectivity index (χ3v) is 7.65. The Bertz CT molecular complexity index is 1190. The number of carbonyl (C=O) groups is 1. The monoisotopic (exact) mass is 476 g/mol. The molecule has 0 bridgehead atoms. The summed E-state index contributed by atoms with van der Waals surface area (Å²) in [7, 11) is 3.19. The van der Waals surface area contributed by atoms with Crippen molar-refractivity contribution in [2.24, 2.45) is 16.3 Å². The molecule has 6 heteroatoms. The molecule has 0 saturated heterocycles. The second-order valence-corrected chi connectivity index (χ2v) is 10.8. The van der Waals surface area contributed by atoms with Crippen molar-refractivity contribution >= 4 is 34.1 Å². The van der Waals surface area contributed by atoms with Gasteiger partial charge in [-0.2, -0.15) is 0 Å². The van der Waals surface area contributed by atoms with Crippen molar-refractivity contribution in [2.45, 2.75) is 40.0 Å². The quantitative estimate of drug-likeness (QED) is 0.393. The van der Waals surface area contributed by atoms with Crippen LogP contribution in [0.15, 0.2) is 53.5 Å². The Morgan fingerprint density at radius 3 is 2.56 bits per heavy atom. The first-order chi connectivity index (χ1) is 16.3. The first kappa shape index (κ1) is 24.0. The number of nitrogens with zero attached hydrogens (tertiary/aromatic N) is 1. The highest BCUT2D eigenvalue weighted by atomic mass is 32.1. The molecule has 1 aliphatic carbocycles. The van der Waals surface area contributed by atoms with Gasteiger partial charge in [0.1, 0.15) is 16.5 Å². The minimum atomic E-state index is -0.157. The second-order valence-electron chi connectivity index (χ2n) is 9.68. The molecule has 1 atom stereocenters. The summed E-state index contributed by atoms with van der Waals surface area (Å²) in [6.45, 7) is 6.90. The van der Waals surface area contributed by atoms with Gasteiger partial charge in [0.2, 0.25) is 0 Å². The molecule has 2 aromatic carbocycles. The molecule has 178 valence electrons. The predicted octanol–water partition coefficient (Wildman–Crippen LogP) is 6.92. The molecule has 1 amide bonds. The van der Waals surface area contributed by atoms with Crippen molar-refractivity contribution < 1.29 is 14.3 Å². The molecule has 1 aliphatic rings. The lowest BCUT2D eigenvalue weighted by Crippen LogP contribution is -2.27. The summed E-state index contributed by atoms with van der Waals surface area (Å²) in [4.78, 5) is 19.7.